The lowest BCUT2D eigenvalue weighted by atomic mass is 9.94. The van der Waals surface area contributed by atoms with Gasteiger partial charge in [-0.2, -0.15) is 0 Å². The summed E-state index contributed by atoms with van der Waals surface area (Å²) >= 11 is 0. The van der Waals surface area contributed by atoms with Crippen molar-refractivity contribution in [3.8, 4) is 0 Å². The maximum Gasteiger partial charge on any atom is 0.224 e. The molecule has 1 heterocycles. The third-order valence-electron chi connectivity index (χ3n) is 4.63. The van der Waals surface area contributed by atoms with Gasteiger partial charge in [-0.3, -0.25) is 4.79 Å². The highest BCUT2D eigenvalue weighted by molar-refractivity contribution is 5.99. The van der Waals surface area contributed by atoms with Gasteiger partial charge in [0.25, 0.3) is 0 Å². The van der Waals surface area contributed by atoms with E-state index in [-0.39, 0.29) is 11.8 Å². The molecule has 0 aromatic heterocycles. The molecule has 2 heteroatoms. The molecule has 1 unspecified atom stereocenters. The molecule has 108 valence electrons. The van der Waals surface area contributed by atoms with Gasteiger partial charge in [0.1, 0.15) is 0 Å². The Labute approximate surface area is 126 Å². The fraction of sp³-hybridized carbons (Fsp3) is 0.316. The molecule has 1 aliphatic heterocycles. The molecule has 2 aromatic carbocycles. The highest BCUT2D eigenvalue weighted by atomic mass is 16.1. The van der Waals surface area contributed by atoms with Crippen molar-refractivity contribution in [1.29, 1.82) is 0 Å². The van der Waals surface area contributed by atoms with Crippen LogP contribution in [0.1, 0.15) is 34.8 Å². The first-order valence-corrected chi connectivity index (χ1v) is 7.69. The lowest BCUT2D eigenvalue weighted by Crippen LogP contribution is -2.47. The quantitative estimate of drug-likeness (QED) is 0.614. The molecular formula is C19H22NO+. The maximum absolute atomic E-state index is 13.1. The molecule has 1 aliphatic rings. The molecule has 0 amide bonds. The van der Waals surface area contributed by atoms with Gasteiger partial charge >= 0.3 is 0 Å². The van der Waals surface area contributed by atoms with Crippen LogP contribution in [0.25, 0.3) is 0 Å². The average Bonchev–Trinajstić information content (AvgIpc) is 2.96. The molecule has 3 rings (SSSR count). The van der Waals surface area contributed by atoms with Crippen molar-refractivity contribution in [2.45, 2.75) is 18.9 Å². The van der Waals surface area contributed by atoms with Gasteiger partial charge in [-0.1, -0.05) is 60.7 Å². The van der Waals surface area contributed by atoms with Crippen LogP contribution < -0.4 is 0 Å². The summed E-state index contributed by atoms with van der Waals surface area (Å²) in [4.78, 5) is 13.1. The molecule has 1 atom stereocenters. The number of carbonyl (C=O) groups is 1. The van der Waals surface area contributed by atoms with E-state index in [9.17, 15) is 4.79 Å². The number of benzene rings is 2. The SMILES string of the molecule is C[N+]1(C(C(=O)c2ccccc2)c2ccccc2)CCCC1. The van der Waals surface area contributed by atoms with E-state index in [1.807, 2.05) is 48.5 Å². The Kier molecular flexibility index (Phi) is 3.89. The number of carbonyl (C=O) groups excluding carboxylic acids is 1. The van der Waals surface area contributed by atoms with E-state index in [0.717, 1.165) is 28.7 Å². The molecule has 21 heavy (non-hydrogen) atoms. The maximum atomic E-state index is 13.1. The number of likely N-dealkylation sites (N-methyl/N-ethyl adjacent to an activating group) is 1. The van der Waals surface area contributed by atoms with E-state index in [0.29, 0.717) is 0 Å². The Morgan fingerprint density at radius 2 is 1.43 bits per heavy atom. The first-order valence-electron chi connectivity index (χ1n) is 7.69. The number of hydrogen-bond donors (Lipinski definition) is 0. The molecular weight excluding hydrogens is 258 g/mol. The van der Waals surface area contributed by atoms with Gasteiger partial charge < -0.3 is 4.48 Å². The summed E-state index contributed by atoms with van der Waals surface area (Å²) in [6.45, 7) is 2.16. The van der Waals surface area contributed by atoms with Crippen LogP contribution in [0, 0.1) is 0 Å². The Morgan fingerprint density at radius 3 is 2.00 bits per heavy atom. The number of Topliss-reactive ketones (excluding diaryl/α,β-unsaturated/α-hetero) is 1. The average molecular weight is 280 g/mol. The third kappa shape index (κ3) is 2.77. The monoisotopic (exact) mass is 280 g/mol. The lowest BCUT2D eigenvalue weighted by Gasteiger charge is -2.37. The zero-order valence-electron chi connectivity index (χ0n) is 12.5. The minimum Gasteiger partial charge on any atom is -0.313 e. The highest BCUT2D eigenvalue weighted by Crippen LogP contribution is 2.34. The summed E-state index contributed by atoms with van der Waals surface area (Å²) in [7, 11) is 2.23. The van der Waals surface area contributed by atoms with Crippen molar-refractivity contribution in [2.24, 2.45) is 0 Å². The zero-order valence-corrected chi connectivity index (χ0v) is 12.5. The van der Waals surface area contributed by atoms with E-state index in [2.05, 4.69) is 19.2 Å². The van der Waals surface area contributed by atoms with Crippen LogP contribution in [0.3, 0.4) is 0 Å². The lowest BCUT2D eigenvalue weighted by molar-refractivity contribution is -0.918. The van der Waals surface area contributed by atoms with Crippen LogP contribution in [-0.4, -0.2) is 30.4 Å². The summed E-state index contributed by atoms with van der Waals surface area (Å²) in [6.07, 6.45) is 2.42. The Bertz CT molecular complexity index is 600. The van der Waals surface area contributed by atoms with Crippen LogP contribution >= 0.6 is 0 Å². The third-order valence-corrected chi connectivity index (χ3v) is 4.63. The van der Waals surface area contributed by atoms with Crippen LogP contribution in [0.4, 0.5) is 0 Å². The molecule has 0 spiro atoms. The second-order valence-corrected chi connectivity index (χ2v) is 6.18. The molecule has 1 fully saturated rings. The second-order valence-electron chi connectivity index (χ2n) is 6.18. The number of quaternary nitrogens is 1. The van der Waals surface area contributed by atoms with Gasteiger partial charge in [-0.25, -0.2) is 0 Å². The highest BCUT2D eigenvalue weighted by Gasteiger charge is 2.41. The largest absolute Gasteiger partial charge is 0.313 e. The predicted octanol–water partition coefficient (Wildman–Crippen LogP) is 3.85. The Hall–Kier alpha value is -1.93. The summed E-state index contributed by atoms with van der Waals surface area (Å²) in [5.41, 5.74) is 1.95. The van der Waals surface area contributed by atoms with Gasteiger partial charge in [0, 0.05) is 24.0 Å². The topological polar surface area (TPSA) is 17.1 Å². The number of ketones is 1. The standard InChI is InChI=1S/C19H22NO/c1-20(14-8-9-15-20)18(16-10-4-2-5-11-16)19(21)17-12-6-3-7-13-17/h2-7,10-13,18H,8-9,14-15H2,1H3/q+1. The van der Waals surface area contributed by atoms with Crippen molar-refractivity contribution < 1.29 is 9.28 Å². The zero-order chi connectivity index (χ0) is 14.7. The first-order chi connectivity index (χ1) is 10.2. The summed E-state index contributed by atoms with van der Waals surface area (Å²) in [5.74, 6) is 0.242. The van der Waals surface area contributed by atoms with E-state index in [1.165, 1.54) is 12.8 Å². The number of nitrogens with zero attached hydrogens (tertiary/aromatic N) is 1. The van der Waals surface area contributed by atoms with Crippen molar-refractivity contribution in [2.75, 3.05) is 20.1 Å². The molecule has 0 aliphatic carbocycles. The van der Waals surface area contributed by atoms with E-state index >= 15 is 0 Å². The second kappa shape index (κ2) is 5.82. The number of rotatable bonds is 4. The predicted molar refractivity (Wildman–Crippen MR) is 85.1 cm³/mol. The Morgan fingerprint density at radius 1 is 0.905 bits per heavy atom. The van der Waals surface area contributed by atoms with E-state index in [1.54, 1.807) is 0 Å². The van der Waals surface area contributed by atoms with Gasteiger partial charge in [0.05, 0.1) is 20.1 Å². The minimum atomic E-state index is -0.0869. The van der Waals surface area contributed by atoms with E-state index in [4.69, 9.17) is 0 Å². The summed E-state index contributed by atoms with van der Waals surface area (Å²) in [5, 5.41) is 0. The molecule has 0 bridgehead atoms. The number of hydrogen-bond acceptors (Lipinski definition) is 1. The van der Waals surface area contributed by atoms with Crippen molar-refractivity contribution in [1.82, 2.24) is 0 Å². The first kappa shape index (κ1) is 14.0. The van der Waals surface area contributed by atoms with Crippen LogP contribution in [0.2, 0.25) is 0 Å². The normalized spacial score (nSPS) is 18.3. The van der Waals surface area contributed by atoms with Gasteiger partial charge in [0.15, 0.2) is 6.04 Å². The summed E-state index contributed by atoms with van der Waals surface area (Å²) in [6, 6.07) is 19.9. The fourth-order valence-electron chi connectivity index (χ4n) is 3.51. The molecule has 2 nitrogen and oxygen atoms in total. The van der Waals surface area contributed by atoms with Crippen molar-refractivity contribution >= 4 is 5.78 Å². The Balaban J connectivity index is 2.03. The van der Waals surface area contributed by atoms with Gasteiger partial charge in [-0.05, 0) is 0 Å². The van der Waals surface area contributed by atoms with E-state index < -0.39 is 0 Å². The summed E-state index contributed by atoms with van der Waals surface area (Å²) < 4.78 is 0.831. The van der Waals surface area contributed by atoms with Crippen LogP contribution in [-0.2, 0) is 0 Å². The van der Waals surface area contributed by atoms with Crippen LogP contribution in [0.5, 0.6) is 0 Å². The molecule has 0 saturated carbocycles. The fourth-order valence-corrected chi connectivity index (χ4v) is 3.51. The number of likely N-dealkylation sites (tertiary alicyclic amines) is 1. The van der Waals surface area contributed by atoms with Gasteiger partial charge in [0.2, 0.25) is 5.78 Å². The molecule has 0 radical (unpaired) electrons. The molecule has 1 saturated heterocycles. The molecule has 2 aromatic rings. The smallest absolute Gasteiger partial charge is 0.224 e. The van der Waals surface area contributed by atoms with Crippen LogP contribution in [0.15, 0.2) is 60.7 Å². The minimum absolute atomic E-state index is 0.0869. The van der Waals surface area contributed by atoms with Crippen molar-refractivity contribution in [3.63, 3.8) is 0 Å². The molecule has 0 N–H and O–H groups in total. The van der Waals surface area contributed by atoms with Gasteiger partial charge in [-0.15, -0.1) is 0 Å². The van der Waals surface area contributed by atoms with Crippen molar-refractivity contribution in [3.05, 3.63) is 71.8 Å².